The van der Waals surface area contributed by atoms with E-state index in [2.05, 4.69) is 26.5 Å². The number of rotatable bonds is 6. The summed E-state index contributed by atoms with van der Waals surface area (Å²) in [6.45, 7) is 0. The van der Waals surface area contributed by atoms with Crippen LogP contribution in [0.4, 0.5) is 0 Å². The van der Waals surface area contributed by atoms with Crippen LogP contribution in [0.25, 0.3) is 0 Å². The summed E-state index contributed by atoms with van der Waals surface area (Å²) in [5.74, 6) is 1.30. The molecule has 0 unspecified atom stereocenters. The molecular weight excluding hydrogens is 376 g/mol. The number of hydrazone groups is 1. The lowest BCUT2D eigenvalue weighted by atomic mass is 10.2. The van der Waals surface area contributed by atoms with Gasteiger partial charge < -0.3 is 14.2 Å². The van der Waals surface area contributed by atoms with Gasteiger partial charge in [0.1, 0.15) is 17.2 Å². The number of hydrogen-bond donors (Lipinski definition) is 1. The van der Waals surface area contributed by atoms with Crippen molar-refractivity contribution in [3.8, 4) is 17.2 Å². The van der Waals surface area contributed by atoms with Crippen LogP contribution < -0.4 is 19.6 Å². The Hall–Kier alpha value is -2.54. The fraction of sp³-hybridized carbons (Fsp3) is 0.176. The van der Waals surface area contributed by atoms with E-state index in [0.717, 1.165) is 0 Å². The molecule has 6 nitrogen and oxygen atoms in total. The lowest BCUT2D eigenvalue weighted by Crippen LogP contribution is -2.18. The summed E-state index contributed by atoms with van der Waals surface area (Å²) in [6.07, 6.45) is 1.46. The summed E-state index contributed by atoms with van der Waals surface area (Å²) >= 11 is 3.33. The largest absolute Gasteiger partial charge is 0.496 e. The van der Waals surface area contributed by atoms with Crippen molar-refractivity contribution in [1.29, 1.82) is 0 Å². The number of methoxy groups -OCH3 is 3. The molecule has 2 aromatic carbocycles. The topological polar surface area (TPSA) is 69.2 Å². The molecule has 0 atom stereocenters. The van der Waals surface area contributed by atoms with Gasteiger partial charge in [-0.2, -0.15) is 5.10 Å². The van der Waals surface area contributed by atoms with Crippen LogP contribution in [0.15, 0.2) is 46.0 Å². The van der Waals surface area contributed by atoms with Crippen molar-refractivity contribution in [2.75, 3.05) is 21.3 Å². The van der Waals surface area contributed by atoms with E-state index in [1.165, 1.54) is 20.4 Å². The molecular formula is C17H17BrN2O4. The Morgan fingerprint density at radius 3 is 2.25 bits per heavy atom. The lowest BCUT2D eigenvalue weighted by Gasteiger charge is -2.12. The van der Waals surface area contributed by atoms with Gasteiger partial charge in [-0.05, 0) is 28.1 Å². The molecule has 0 aliphatic rings. The highest BCUT2D eigenvalue weighted by Gasteiger charge is 2.12. The second kappa shape index (κ2) is 8.35. The molecule has 7 heteroatoms. The van der Waals surface area contributed by atoms with Gasteiger partial charge in [-0.1, -0.05) is 12.1 Å². The van der Waals surface area contributed by atoms with Gasteiger partial charge >= 0.3 is 0 Å². The molecule has 0 spiro atoms. The first-order valence-corrected chi connectivity index (χ1v) is 7.78. The van der Waals surface area contributed by atoms with Crippen LogP contribution >= 0.6 is 15.9 Å². The van der Waals surface area contributed by atoms with Gasteiger partial charge in [0, 0.05) is 16.6 Å². The van der Waals surface area contributed by atoms with Crippen molar-refractivity contribution in [1.82, 2.24) is 5.43 Å². The number of nitrogens with zero attached hydrogens (tertiary/aromatic N) is 1. The monoisotopic (exact) mass is 392 g/mol. The van der Waals surface area contributed by atoms with Crippen molar-refractivity contribution in [3.05, 3.63) is 52.0 Å². The van der Waals surface area contributed by atoms with E-state index < -0.39 is 0 Å². The number of carbonyl (C=O) groups is 1. The molecule has 24 heavy (non-hydrogen) atoms. The first kappa shape index (κ1) is 17.8. The smallest absolute Gasteiger partial charge is 0.272 e. The van der Waals surface area contributed by atoms with Crippen molar-refractivity contribution < 1.29 is 19.0 Å². The average Bonchev–Trinajstić information content (AvgIpc) is 2.61. The van der Waals surface area contributed by atoms with E-state index in [9.17, 15) is 4.79 Å². The Balaban J connectivity index is 2.23. The third kappa shape index (κ3) is 4.05. The Kier molecular flexibility index (Phi) is 6.20. The number of nitrogens with one attached hydrogen (secondary N) is 1. The number of hydrogen-bond acceptors (Lipinski definition) is 5. The maximum Gasteiger partial charge on any atom is 0.272 e. The maximum absolute atomic E-state index is 12.1. The zero-order valence-corrected chi connectivity index (χ0v) is 15.1. The second-order valence-corrected chi connectivity index (χ2v) is 5.48. The molecule has 1 N–H and O–H groups in total. The highest BCUT2D eigenvalue weighted by molar-refractivity contribution is 9.10. The van der Waals surface area contributed by atoms with Crippen LogP contribution in [0.2, 0.25) is 0 Å². The van der Waals surface area contributed by atoms with Gasteiger partial charge in [0.2, 0.25) is 0 Å². The maximum atomic E-state index is 12.1. The highest BCUT2D eigenvalue weighted by Crippen LogP contribution is 2.32. The molecule has 0 aromatic heterocycles. The van der Waals surface area contributed by atoms with Gasteiger partial charge in [-0.25, -0.2) is 5.43 Å². The molecule has 2 rings (SSSR count). The van der Waals surface area contributed by atoms with Crippen molar-refractivity contribution >= 4 is 28.1 Å². The van der Waals surface area contributed by atoms with E-state index in [1.807, 2.05) is 6.07 Å². The summed E-state index contributed by atoms with van der Waals surface area (Å²) in [7, 11) is 4.62. The molecule has 126 valence electrons. The predicted molar refractivity (Wildman–Crippen MR) is 95.3 cm³/mol. The SMILES string of the molecule is COc1cc(OC)c(C=NNC(=O)c2ccccc2Br)c(OC)c1. The van der Waals surface area contributed by atoms with Crippen LogP contribution in [-0.4, -0.2) is 33.5 Å². The Morgan fingerprint density at radius 1 is 1.08 bits per heavy atom. The quantitative estimate of drug-likeness (QED) is 0.605. The number of benzene rings is 2. The van der Waals surface area contributed by atoms with Crippen LogP contribution in [-0.2, 0) is 0 Å². The molecule has 0 heterocycles. The van der Waals surface area contributed by atoms with E-state index in [1.54, 1.807) is 37.4 Å². The van der Waals surface area contributed by atoms with Crippen molar-refractivity contribution in [2.45, 2.75) is 0 Å². The second-order valence-electron chi connectivity index (χ2n) is 4.62. The first-order chi connectivity index (χ1) is 11.6. The normalized spacial score (nSPS) is 10.5. The highest BCUT2D eigenvalue weighted by atomic mass is 79.9. The summed E-state index contributed by atoms with van der Waals surface area (Å²) in [4.78, 5) is 12.1. The minimum atomic E-state index is -0.329. The first-order valence-electron chi connectivity index (χ1n) is 6.98. The minimum absolute atomic E-state index is 0.329. The molecule has 0 saturated carbocycles. The zero-order chi connectivity index (χ0) is 17.5. The molecule has 0 fully saturated rings. The van der Waals surface area contributed by atoms with Gasteiger partial charge in [-0.15, -0.1) is 0 Å². The van der Waals surface area contributed by atoms with E-state index in [0.29, 0.717) is 32.8 Å². The van der Waals surface area contributed by atoms with Crippen LogP contribution in [0, 0.1) is 0 Å². The summed E-state index contributed by atoms with van der Waals surface area (Å²) in [6, 6.07) is 10.5. The molecule has 0 radical (unpaired) electrons. The van der Waals surface area contributed by atoms with Gasteiger partial charge in [0.05, 0.1) is 38.7 Å². The molecule has 0 aliphatic heterocycles. The van der Waals surface area contributed by atoms with E-state index in [-0.39, 0.29) is 5.91 Å². The predicted octanol–water partition coefficient (Wildman–Crippen LogP) is 3.24. The Bertz CT molecular complexity index is 737. The number of carbonyl (C=O) groups excluding carboxylic acids is 1. The van der Waals surface area contributed by atoms with Crippen LogP contribution in [0.3, 0.4) is 0 Å². The minimum Gasteiger partial charge on any atom is -0.496 e. The number of halogens is 1. The van der Waals surface area contributed by atoms with E-state index in [4.69, 9.17) is 14.2 Å². The Labute approximate surface area is 148 Å². The molecule has 0 saturated heterocycles. The molecule has 0 aliphatic carbocycles. The van der Waals surface area contributed by atoms with Crippen LogP contribution in [0.5, 0.6) is 17.2 Å². The summed E-state index contributed by atoms with van der Waals surface area (Å²) < 4.78 is 16.5. The Morgan fingerprint density at radius 2 is 1.71 bits per heavy atom. The fourth-order valence-corrected chi connectivity index (χ4v) is 2.49. The fourth-order valence-electron chi connectivity index (χ4n) is 2.02. The molecule has 2 aromatic rings. The lowest BCUT2D eigenvalue weighted by molar-refractivity contribution is 0.0954. The zero-order valence-electron chi connectivity index (χ0n) is 13.5. The van der Waals surface area contributed by atoms with Crippen molar-refractivity contribution in [3.63, 3.8) is 0 Å². The number of ether oxygens (including phenoxy) is 3. The van der Waals surface area contributed by atoms with Gasteiger partial charge in [0.15, 0.2) is 0 Å². The van der Waals surface area contributed by atoms with E-state index >= 15 is 0 Å². The average molecular weight is 393 g/mol. The standard InChI is InChI=1S/C17H17BrN2O4/c1-22-11-8-15(23-2)13(16(9-11)24-3)10-19-20-17(21)12-6-4-5-7-14(12)18/h4-10H,1-3H3,(H,20,21). The van der Waals surface area contributed by atoms with Crippen LogP contribution in [0.1, 0.15) is 15.9 Å². The van der Waals surface area contributed by atoms with Crippen molar-refractivity contribution in [2.24, 2.45) is 5.10 Å². The molecule has 1 amide bonds. The van der Waals surface area contributed by atoms with Gasteiger partial charge in [-0.3, -0.25) is 4.79 Å². The third-order valence-corrected chi connectivity index (χ3v) is 3.92. The van der Waals surface area contributed by atoms with Gasteiger partial charge in [0.25, 0.3) is 5.91 Å². The third-order valence-electron chi connectivity index (χ3n) is 3.23. The molecule has 0 bridgehead atoms. The summed E-state index contributed by atoms with van der Waals surface area (Å²) in [5.41, 5.74) is 3.56. The number of amides is 1. The summed E-state index contributed by atoms with van der Waals surface area (Å²) in [5, 5.41) is 3.99.